The molecule has 5 unspecified atom stereocenters. The molecule has 0 aromatic carbocycles. The summed E-state index contributed by atoms with van der Waals surface area (Å²) in [7, 11) is 0. The van der Waals surface area contributed by atoms with E-state index in [1.54, 1.807) is 0 Å². The Kier molecular flexibility index (Phi) is 12.9. The number of aliphatic hydroxyl groups excluding tert-OH is 1. The average molecular weight is 479 g/mol. The third-order valence-electron chi connectivity index (χ3n) is 4.20. The molecule has 0 aliphatic rings. The number of aliphatic carboxylic acids is 1. The number of primary amides is 2. The van der Waals surface area contributed by atoms with Crippen molar-refractivity contribution in [2.45, 2.75) is 62.9 Å². The zero-order valence-corrected chi connectivity index (χ0v) is 18.3. The van der Waals surface area contributed by atoms with Crippen LogP contribution in [0.25, 0.3) is 0 Å². The fourth-order valence-corrected chi connectivity index (χ4v) is 2.55. The second-order valence-electron chi connectivity index (χ2n) is 6.99. The quantitative estimate of drug-likeness (QED) is 0.103. The standard InChI is InChI=1S/C17H30N6O8S/c1-7(24)13(23-14(27)8(18)6-32)16(29)21-9(2-4-11(19)25)15(28)22-10(17(30)31)3-5-12(20)26/h7-10,13,24,32H,2-6,18H2,1H3,(H2,19,25)(H2,20,26)(H,21,29)(H,22,28)(H,23,27)(H,30,31). The summed E-state index contributed by atoms with van der Waals surface area (Å²) in [5.74, 6) is -5.82. The number of carbonyl (C=O) groups excluding carboxylic acids is 5. The molecular weight excluding hydrogens is 448 g/mol. The van der Waals surface area contributed by atoms with E-state index in [1.165, 1.54) is 6.92 Å². The zero-order chi connectivity index (χ0) is 25.0. The molecule has 0 saturated carbocycles. The monoisotopic (exact) mass is 478 g/mol. The van der Waals surface area contributed by atoms with Crippen molar-refractivity contribution in [2.75, 3.05) is 5.75 Å². The highest BCUT2D eigenvalue weighted by Gasteiger charge is 2.32. The summed E-state index contributed by atoms with van der Waals surface area (Å²) < 4.78 is 0. The zero-order valence-electron chi connectivity index (χ0n) is 17.4. The summed E-state index contributed by atoms with van der Waals surface area (Å²) in [5.41, 5.74) is 15.6. The van der Waals surface area contributed by atoms with Crippen LogP contribution in [0.2, 0.25) is 0 Å². The van der Waals surface area contributed by atoms with E-state index in [0.717, 1.165) is 0 Å². The summed E-state index contributed by atoms with van der Waals surface area (Å²) in [5, 5.41) is 25.7. The number of hydrogen-bond donors (Lipinski definition) is 9. The van der Waals surface area contributed by atoms with Gasteiger partial charge in [0.25, 0.3) is 0 Å². The van der Waals surface area contributed by atoms with Crippen molar-refractivity contribution < 1.29 is 39.0 Å². The number of amides is 5. The van der Waals surface area contributed by atoms with Crippen molar-refractivity contribution in [3.63, 3.8) is 0 Å². The second kappa shape index (κ2) is 14.2. The normalized spacial score (nSPS) is 15.4. The van der Waals surface area contributed by atoms with Crippen molar-refractivity contribution in [1.29, 1.82) is 0 Å². The molecule has 0 aliphatic carbocycles. The largest absolute Gasteiger partial charge is 0.480 e. The van der Waals surface area contributed by atoms with E-state index in [0.29, 0.717) is 0 Å². The Hall–Kier alpha value is -2.91. The van der Waals surface area contributed by atoms with Gasteiger partial charge in [-0.25, -0.2) is 4.79 Å². The number of carboxylic acid groups (broad SMARTS) is 1. The molecule has 0 aliphatic heterocycles. The maximum absolute atomic E-state index is 12.6. The van der Waals surface area contributed by atoms with Gasteiger partial charge in [0.1, 0.15) is 18.1 Å². The van der Waals surface area contributed by atoms with E-state index < -0.39 is 65.8 Å². The number of thiol groups is 1. The Labute approximate surface area is 189 Å². The molecule has 5 amide bonds. The molecule has 11 N–H and O–H groups in total. The van der Waals surface area contributed by atoms with Gasteiger partial charge in [0, 0.05) is 18.6 Å². The SMILES string of the molecule is CC(O)C(NC(=O)C(N)CS)C(=O)NC(CCC(N)=O)C(=O)NC(CCC(N)=O)C(=O)O. The van der Waals surface area contributed by atoms with Crippen LogP contribution >= 0.6 is 12.6 Å². The van der Waals surface area contributed by atoms with Crippen LogP contribution in [-0.4, -0.2) is 81.7 Å². The number of nitrogens with two attached hydrogens (primary N) is 3. The molecule has 0 radical (unpaired) electrons. The van der Waals surface area contributed by atoms with Crippen LogP contribution < -0.4 is 33.2 Å². The predicted molar refractivity (Wildman–Crippen MR) is 114 cm³/mol. The van der Waals surface area contributed by atoms with Gasteiger partial charge in [0.05, 0.1) is 12.1 Å². The molecule has 15 heteroatoms. The van der Waals surface area contributed by atoms with Crippen LogP contribution in [0.3, 0.4) is 0 Å². The lowest BCUT2D eigenvalue weighted by molar-refractivity contribution is -0.143. The molecule has 32 heavy (non-hydrogen) atoms. The van der Waals surface area contributed by atoms with Crippen molar-refractivity contribution in [2.24, 2.45) is 17.2 Å². The molecule has 0 saturated heterocycles. The maximum Gasteiger partial charge on any atom is 0.326 e. The topological polar surface area (TPSA) is 257 Å². The second-order valence-corrected chi connectivity index (χ2v) is 7.35. The van der Waals surface area contributed by atoms with Crippen molar-refractivity contribution in [3.8, 4) is 0 Å². The summed E-state index contributed by atoms with van der Waals surface area (Å²) in [6, 6.07) is -5.52. The molecule has 0 rings (SSSR count). The van der Waals surface area contributed by atoms with Gasteiger partial charge in [-0.15, -0.1) is 0 Å². The van der Waals surface area contributed by atoms with Gasteiger partial charge in [0.15, 0.2) is 0 Å². The van der Waals surface area contributed by atoms with E-state index in [4.69, 9.17) is 17.2 Å². The highest BCUT2D eigenvalue weighted by molar-refractivity contribution is 7.80. The molecule has 0 aromatic rings. The Morgan fingerprint density at radius 2 is 1.31 bits per heavy atom. The highest BCUT2D eigenvalue weighted by atomic mass is 32.1. The van der Waals surface area contributed by atoms with E-state index in [-0.39, 0.29) is 31.4 Å². The van der Waals surface area contributed by atoms with Crippen molar-refractivity contribution in [1.82, 2.24) is 16.0 Å². The van der Waals surface area contributed by atoms with Gasteiger partial charge < -0.3 is 43.4 Å². The first kappa shape index (κ1) is 29.1. The van der Waals surface area contributed by atoms with Crippen molar-refractivity contribution in [3.05, 3.63) is 0 Å². The van der Waals surface area contributed by atoms with Gasteiger partial charge in [-0.3, -0.25) is 24.0 Å². The third kappa shape index (κ3) is 10.9. The van der Waals surface area contributed by atoms with E-state index >= 15 is 0 Å². The van der Waals surface area contributed by atoms with E-state index in [9.17, 15) is 39.0 Å². The van der Waals surface area contributed by atoms with Crippen LogP contribution in [0.15, 0.2) is 0 Å². The number of nitrogens with one attached hydrogen (secondary N) is 3. The van der Waals surface area contributed by atoms with Gasteiger partial charge in [0.2, 0.25) is 29.5 Å². The van der Waals surface area contributed by atoms with Gasteiger partial charge in [-0.05, 0) is 19.8 Å². The first-order valence-corrected chi connectivity index (χ1v) is 10.2. The summed E-state index contributed by atoms with van der Waals surface area (Å²) >= 11 is 3.87. The fraction of sp³-hybridized carbons (Fsp3) is 0.647. The first-order valence-electron chi connectivity index (χ1n) is 9.55. The van der Waals surface area contributed by atoms with Gasteiger partial charge in [-0.2, -0.15) is 12.6 Å². The Bertz CT molecular complexity index is 719. The highest BCUT2D eigenvalue weighted by Crippen LogP contribution is 2.04. The summed E-state index contributed by atoms with van der Waals surface area (Å²) in [6.07, 6.45) is -2.66. The van der Waals surface area contributed by atoms with Crippen LogP contribution in [-0.2, 0) is 28.8 Å². The molecule has 14 nitrogen and oxygen atoms in total. The first-order chi connectivity index (χ1) is 14.8. The molecule has 0 fully saturated rings. The number of rotatable bonds is 15. The number of carbonyl (C=O) groups is 6. The summed E-state index contributed by atoms with van der Waals surface area (Å²) in [4.78, 5) is 70.5. The Morgan fingerprint density at radius 3 is 1.72 bits per heavy atom. The van der Waals surface area contributed by atoms with Crippen LogP contribution in [0.1, 0.15) is 32.6 Å². The minimum atomic E-state index is -1.51. The Balaban J connectivity index is 5.48. The molecular formula is C17H30N6O8S. The lowest BCUT2D eigenvalue weighted by Gasteiger charge is -2.26. The molecule has 5 atom stereocenters. The minimum Gasteiger partial charge on any atom is -0.480 e. The van der Waals surface area contributed by atoms with E-state index in [1.807, 2.05) is 0 Å². The Morgan fingerprint density at radius 1 is 0.844 bits per heavy atom. The molecule has 0 aromatic heterocycles. The predicted octanol–water partition coefficient (Wildman–Crippen LogP) is -4.31. The molecule has 182 valence electrons. The van der Waals surface area contributed by atoms with Crippen LogP contribution in [0.5, 0.6) is 0 Å². The van der Waals surface area contributed by atoms with Crippen LogP contribution in [0, 0.1) is 0 Å². The van der Waals surface area contributed by atoms with E-state index in [2.05, 4.69) is 28.6 Å². The lowest BCUT2D eigenvalue weighted by atomic mass is 10.1. The molecule has 0 spiro atoms. The number of aliphatic hydroxyl groups is 1. The maximum atomic E-state index is 12.6. The van der Waals surface area contributed by atoms with Crippen LogP contribution in [0.4, 0.5) is 0 Å². The lowest BCUT2D eigenvalue weighted by Crippen LogP contribution is -2.60. The molecule has 0 heterocycles. The average Bonchev–Trinajstić information content (AvgIpc) is 2.70. The fourth-order valence-electron chi connectivity index (χ4n) is 2.38. The van der Waals surface area contributed by atoms with Gasteiger partial charge >= 0.3 is 5.97 Å². The van der Waals surface area contributed by atoms with Gasteiger partial charge in [-0.1, -0.05) is 0 Å². The molecule has 0 bridgehead atoms. The minimum absolute atomic E-state index is 0.0362. The smallest absolute Gasteiger partial charge is 0.326 e. The van der Waals surface area contributed by atoms with Crippen molar-refractivity contribution >= 4 is 48.1 Å². The number of carboxylic acids is 1. The summed E-state index contributed by atoms with van der Waals surface area (Å²) in [6.45, 7) is 1.21. The third-order valence-corrected chi connectivity index (χ3v) is 4.60. The number of hydrogen-bond acceptors (Lipinski definition) is 9.